The van der Waals surface area contributed by atoms with Crippen LogP contribution in [0.15, 0.2) is 30.3 Å². The molecule has 0 radical (unpaired) electrons. The van der Waals surface area contributed by atoms with E-state index >= 15 is 0 Å². The van der Waals surface area contributed by atoms with Crippen molar-refractivity contribution in [2.24, 2.45) is 0 Å². The topological polar surface area (TPSA) is 90.9 Å². The van der Waals surface area contributed by atoms with Gasteiger partial charge in [-0.25, -0.2) is 4.79 Å². The summed E-state index contributed by atoms with van der Waals surface area (Å²) in [4.78, 5) is 37.5. The van der Waals surface area contributed by atoms with E-state index in [0.29, 0.717) is 29.2 Å². The van der Waals surface area contributed by atoms with Gasteiger partial charge in [-0.3, -0.25) is 9.59 Å². The Hall–Kier alpha value is -2.87. The molecule has 0 spiro atoms. The summed E-state index contributed by atoms with van der Waals surface area (Å²) < 4.78 is 15.1. The van der Waals surface area contributed by atoms with Gasteiger partial charge >= 0.3 is 11.9 Å². The van der Waals surface area contributed by atoms with E-state index in [2.05, 4.69) is 5.32 Å². The molecule has 142 valence electrons. The maximum Gasteiger partial charge on any atom is 0.341 e. The molecule has 0 saturated carbocycles. The molecule has 0 aliphatic heterocycles. The molecule has 1 N–H and O–H groups in total. The van der Waals surface area contributed by atoms with Crippen molar-refractivity contribution in [1.29, 1.82) is 0 Å². The second-order valence-corrected chi connectivity index (χ2v) is 7.00. The lowest BCUT2D eigenvalue weighted by Gasteiger charge is -2.12. The molecule has 0 unspecified atom stereocenters. The predicted molar refractivity (Wildman–Crippen MR) is 99.3 cm³/mol. The van der Waals surface area contributed by atoms with Crippen LogP contribution in [0.3, 0.4) is 0 Å². The number of ether oxygens (including phenoxy) is 3. The Morgan fingerprint density at radius 3 is 2.56 bits per heavy atom. The Balaban J connectivity index is 1.80. The fourth-order valence-electron chi connectivity index (χ4n) is 3.06. The van der Waals surface area contributed by atoms with Gasteiger partial charge in [0.05, 0.1) is 25.7 Å². The highest BCUT2D eigenvalue weighted by Crippen LogP contribution is 2.45. The van der Waals surface area contributed by atoms with Gasteiger partial charge in [0, 0.05) is 4.88 Å². The van der Waals surface area contributed by atoms with Crippen LogP contribution in [0.5, 0.6) is 5.75 Å². The highest BCUT2D eigenvalue weighted by molar-refractivity contribution is 7.17. The predicted octanol–water partition coefficient (Wildman–Crippen LogP) is 2.76. The van der Waals surface area contributed by atoms with Crippen LogP contribution in [-0.2, 0) is 25.5 Å². The molecule has 1 aromatic heterocycles. The number of rotatable bonds is 6. The molecular formula is C19H19NO6S. The van der Waals surface area contributed by atoms with Gasteiger partial charge in [0.2, 0.25) is 0 Å². The third kappa shape index (κ3) is 3.95. The molecule has 2 aromatic rings. The number of esters is 2. The van der Waals surface area contributed by atoms with Crippen LogP contribution in [0, 0.1) is 0 Å². The molecule has 0 bridgehead atoms. The lowest BCUT2D eigenvalue weighted by atomic mass is 9.99. The second-order valence-electron chi connectivity index (χ2n) is 5.90. The standard InChI is InChI=1S/C19H19NO6S/c1-24-18(22)12-8-9-13-15(12)16(19(23)25-2)17(27-13)20-14(21)10-26-11-6-4-3-5-7-11/h3-7,12H,8-10H2,1-2H3,(H,20,21)/t12-/m1/s1. The number of para-hydroxylation sites is 1. The SMILES string of the molecule is COC(=O)c1c(NC(=O)COc2ccccc2)sc2c1[C@H](C(=O)OC)CC2. The summed E-state index contributed by atoms with van der Waals surface area (Å²) in [6.45, 7) is -0.201. The maximum absolute atomic E-state index is 12.3. The van der Waals surface area contributed by atoms with Gasteiger partial charge in [0.15, 0.2) is 6.61 Å². The van der Waals surface area contributed by atoms with Gasteiger partial charge in [-0.15, -0.1) is 11.3 Å². The van der Waals surface area contributed by atoms with Crippen LogP contribution >= 0.6 is 11.3 Å². The van der Waals surface area contributed by atoms with Crippen LogP contribution in [0.1, 0.15) is 33.1 Å². The van der Waals surface area contributed by atoms with Gasteiger partial charge in [0.25, 0.3) is 5.91 Å². The molecule has 27 heavy (non-hydrogen) atoms. The Morgan fingerprint density at radius 1 is 1.15 bits per heavy atom. The number of carbonyl (C=O) groups excluding carboxylic acids is 3. The number of nitrogens with one attached hydrogen (secondary N) is 1. The number of amides is 1. The van der Waals surface area contributed by atoms with Crippen molar-refractivity contribution in [1.82, 2.24) is 0 Å². The number of hydrogen-bond donors (Lipinski definition) is 1. The lowest BCUT2D eigenvalue weighted by Crippen LogP contribution is -2.22. The number of methoxy groups -OCH3 is 2. The molecule has 7 nitrogen and oxygen atoms in total. The van der Waals surface area contributed by atoms with Crippen LogP contribution in [0.2, 0.25) is 0 Å². The molecule has 0 saturated heterocycles. The van der Waals surface area contributed by atoms with Crippen molar-refractivity contribution in [3.8, 4) is 5.75 Å². The zero-order valence-electron chi connectivity index (χ0n) is 14.9. The van der Waals surface area contributed by atoms with E-state index in [-0.39, 0.29) is 12.2 Å². The first kappa shape index (κ1) is 18.9. The van der Waals surface area contributed by atoms with E-state index < -0.39 is 23.8 Å². The van der Waals surface area contributed by atoms with E-state index in [4.69, 9.17) is 14.2 Å². The minimum Gasteiger partial charge on any atom is -0.484 e. The molecule has 1 aliphatic carbocycles. The number of benzene rings is 1. The zero-order chi connectivity index (χ0) is 19.4. The minimum absolute atomic E-state index is 0.201. The van der Waals surface area contributed by atoms with E-state index in [1.807, 2.05) is 6.07 Å². The number of thiophene rings is 1. The Labute approximate surface area is 160 Å². The van der Waals surface area contributed by atoms with Crippen molar-refractivity contribution in [3.05, 3.63) is 46.3 Å². The lowest BCUT2D eigenvalue weighted by molar-refractivity contribution is -0.142. The maximum atomic E-state index is 12.3. The highest BCUT2D eigenvalue weighted by atomic mass is 32.1. The number of hydrogen-bond acceptors (Lipinski definition) is 7. The fourth-order valence-corrected chi connectivity index (χ4v) is 4.34. The number of anilines is 1. The highest BCUT2D eigenvalue weighted by Gasteiger charge is 2.38. The third-order valence-corrected chi connectivity index (χ3v) is 5.45. The second kappa shape index (κ2) is 8.22. The Kier molecular flexibility index (Phi) is 5.75. The van der Waals surface area contributed by atoms with Crippen molar-refractivity contribution >= 4 is 34.2 Å². The Bertz CT molecular complexity index is 861. The van der Waals surface area contributed by atoms with Gasteiger partial charge in [-0.05, 0) is 30.5 Å². The molecule has 1 atom stereocenters. The number of fused-ring (bicyclic) bond motifs is 1. The van der Waals surface area contributed by atoms with Crippen LogP contribution < -0.4 is 10.1 Å². The molecular weight excluding hydrogens is 370 g/mol. The summed E-state index contributed by atoms with van der Waals surface area (Å²) in [5.41, 5.74) is 0.816. The van der Waals surface area contributed by atoms with Crippen LogP contribution in [0.4, 0.5) is 5.00 Å². The van der Waals surface area contributed by atoms with Crippen molar-refractivity contribution in [2.45, 2.75) is 18.8 Å². The molecule has 1 amide bonds. The molecule has 1 aliphatic rings. The molecule has 3 rings (SSSR count). The molecule has 8 heteroatoms. The van der Waals surface area contributed by atoms with E-state index in [0.717, 1.165) is 4.88 Å². The van der Waals surface area contributed by atoms with Crippen molar-refractivity contribution < 1.29 is 28.6 Å². The van der Waals surface area contributed by atoms with Crippen LogP contribution in [0.25, 0.3) is 0 Å². The summed E-state index contributed by atoms with van der Waals surface area (Å²) in [5.74, 6) is -1.36. The summed E-state index contributed by atoms with van der Waals surface area (Å²) >= 11 is 1.28. The summed E-state index contributed by atoms with van der Waals surface area (Å²) in [7, 11) is 2.58. The number of carbonyl (C=O) groups is 3. The van der Waals surface area contributed by atoms with Gasteiger partial charge in [0.1, 0.15) is 10.8 Å². The largest absolute Gasteiger partial charge is 0.484 e. The van der Waals surface area contributed by atoms with Crippen LogP contribution in [-0.4, -0.2) is 38.7 Å². The zero-order valence-corrected chi connectivity index (χ0v) is 15.8. The van der Waals surface area contributed by atoms with E-state index in [1.54, 1.807) is 24.3 Å². The smallest absolute Gasteiger partial charge is 0.341 e. The Morgan fingerprint density at radius 2 is 1.89 bits per heavy atom. The molecule has 1 heterocycles. The fraction of sp³-hybridized carbons (Fsp3) is 0.316. The first-order valence-electron chi connectivity index (χ1n) is 8.34. The molecule has 0 fully saturated rings. The monoisotopic (exact) mass is 389 g/mol. The van der Waals surface area contributed by atoms with Gasteiger partial charge in [-0.2, -0.15) is 0 Å². The van der Waals surface area contributed by atoms with E-state index in [9.17, 15) is 14.4 Å². The number of aryl methyl sites for hydroxylation is 1. The minimum atomic E-state index is -0.595. The quantitative estimate of drug-likeness (QED) is 0.764. The first-order chi connectivity index (χ1) is 13.0. The van der Waals surface area contributed by atoms with Gasteiger partial charge < -0.3 is 19.5 Å². The third-order valence-electron chi connectivity index (χ3n) is 4.27. The first-order valence-corrected chi connectivity index (χ1v) is 9.16. The summed E-state index contributed by atoms with van der Waals surface area (Å²) in [5, 5.41) is 3.07. The van der Waals surface area contributed by atoms with Crippen molar-refractivity contribution in [3.63, 3.8) is 0 Å². The summed E-state index contributed by atoms with van der Waals surface area (Å²) in [6, 6.07) is 8.95. The average Bonchev–Trinajstić information content (AvgIpc) is 3.24. The van der Waals surface area contributed by atoms with Gasteiger partial charge in [-0.1, -0.05) is 18.2 Å². The average molecular weight is 389 g/mol. The summed E-state index contributed by atoms with van der Waals surface area (Å²) in [6.07, 6.45) is 1.21. The normalized spacial score (nSPS) is 15.0. The molecule has 1 aromatic carbocycles. The van der Waals surface area contributed by atoms with Crippen molar-refractivity contribution in [2.75, 3.05) is 26.1 Å². The van der Waals surface area contributed by atoms with E-state index in [1.165, 1.54) is 25.6 Å².